The molecule has 1 heterocycles. The number of anilines is 2. The summed E-state index contributed by atoms with van der Waals surface area (Å²) >= 11 is 12.9. The first-order chi connectivity index (χ1) is 9.55. The van der Waals surface area contributed by atoms with Crippen LogP contribution in [0.3, 0.4) is 0 Å². The third-order valence-electron chi connectivity index (χ3n) is 2.36. The lowest BCUT2D eigenvalue weighted by atomic mass is 10.3. The molecule has 0 unspecified atom stereocenters. The number of esters is 1. The van der Waals surface area contributed by atoms with Crippen LogP contribution in [0.4, 0.5) is 10.8 Å². The van der Waals surface area contributed by atoms with Gasteiger partial charge in [-0.1, -0.05) is 34.5 Å². The summed E-state index contributed by atoms with van der Waals surface area (Å²) in [6.07, 6.45) is 0. The number of rotatable bonds is 4. The highest BCUT2D eigenvalue weighted by Crippen LogP contribution is 2.34. The molecule has 20 heavy (non-hydrogen) atoms. The van der Waals surface area contributed by atoms with E-state index < -0.39 is 5.97 Å². The second kappa shape index (κ2) is 6.30. The normalized spacial score (nSPS) is 10.2. The molecule has 8 heteroatoms. The van der Waals surface area contributed by atoms with Crippen LogP contribution in [-0.2, 0) is 4.74 Å². The zero-order valence-electron chi connectivity index (χ0n) is 10.6. The highest BCUT2D eigenvalue weighted by molar-refractivity contribution is 7.18. The first kappa shape index (κ1) is 14.9. The van der Waals surface area contributed by atoms with Gasteiger partial charge in [0.05, 0.1) is 19.9 Å². The van der Waals surface area contributed by atoms with Crippen LogP contribution in [0.1, 0.15) is 9.67 Å². The van der Waals surface area contributed by atoms with Gasteiger partial charge >= 0.3 is 5.97 Å². The standard InChI is InChI=1S/C12H10Cl2N2O3S/c1-18-8-4-3-6(13)5-7(8)15-12-16-10(14)9(20-12)11(17)19-2/h3-5H,1-2H3,(H,15,16). The molecule has 0 atom stereocenters. The molecule has 106 valence electrons. The molecule has 0 aliphatic rings. The van der Waals surface area contributed by atoms with Crippen molar-refractivity contribution in [3.63, 3.8) is 0 Å². The monoisotopic (exact) mass is 332 g/mol. The van der Waals surface area contributed by atoms with Crippen molar-refractivity contribution < 1.29 is 14.3 Å². The number of thiazole rings is 1. The maximum atomic E-state index is 11.5. The lowest BCUT2D eigenvalue weighted by Gasteiger charge is -2.08. The summed E-state index contributed by atoms with van der Waals surface area (Å²) in [5.74, 6) is 0.0685. The molecule has 0 aliphatic carbocycles. The lowest BCUT2D eigenvalue weighted by Crippen LogP contribution is -1.98. The maximum Gasteiger partial charge on any atom is 0.351 e. The molecule has 0 radical (unpaired) electrons. The van der Waals surface area contributed by atoms with Crippen molar-refractivity contribution in [1.82, 2.24) is 4.98 Å². The van der Waals surface area contributed by atoms with Gasteiger partial charge in [-0.15, -0.1) is 0 Å². The van der Waals surface area contributed by atoms with E-state index in [9.17, 15) is 4.79 Å². The number of hydrogen-bond acceptors (Lipinski definition) is 6. The van der Waals surface area contributed by atoms with Crippen molar-refractivity contribution in [3.8, 4) is 5.75 Å². The average Bonchev–Trinajstić information content (AvgIpc) is 2.79. The molecule has 2 aromatic rings. The van der Waals surface area contributed by atoms with Crippen molar-refractivity contribution in [2.45, 2.75) is 0 Å². The number of nitrogens with zero attached hydrogens (tertiary/aromatic N) is 1. The Bertz CT molecular complexity index is 646. The van der Waals surface area contributed by atoms with Crippen LogP contribution in [0, 0.1) is 0 Å². The molecule has 2 rings (SSSR count). The van der Waals surface area contributed by atoms with Gasteiger partial charge in [0.1, 0.15) is 5.75 Å². The van der Waals surface area contributed by atoms with Crippen molar-refractivity contribution in [1.29, 1.82) is 0 Å². The molecule has 1 N–H and O–H groups in total. The number of ether oxygens (including phenoxy) is 2. The van der Waals surface area contributed by atoms with Gasteiger partial charge in [-0.25, -0.2) is 9.78 Å². The minimum atomic E-state index is -0.529. The first-order valence-corrected chi connectivity index (χ1v) is 6.97. The Morgan fingerprint density at radius 3 is 2.75 bits per heavy atom. The summed E-state index contributed by atoms with van der Waals surface area (Å²) in [5, 5.41) is 4.08. The molecule has 0 fully saturated rings. The number of methoxy groups -OCH3 is 2. The molecule has 0 spiro atoms. The highest BCUT2D eigenvalue weighted by Gasteiger charge is 2.18. The van der Waals surface area contributed by atoms with E-state index in [-0.39, 0.29) is 10.0 Å². The fourth-order valence-electron chi connectivity index (χ4n) is 1.47. The van der Waals surface area contributed by atoms with E-state index in [4.69, 9.17) is 27.9 Å². The molecular weight excluding hydrogens is 323 g/mol. The Morgan fingerprint density at radius 2 is 2.10 bits per heavy atom. The van der Waals surface area contributed by atoms with E-state index in [2.05, 4.69) is 15.0 Å². The van der Waals surface area contributed by atoms with Gasteiger partial charge in [-0.3, -0.25) is 0 Å². The smallest absolute Gasteiger partial charge is 0.351 e. The SMILES string of the molecule is COC(=O)c1sc(Nc2cc(Cl)ccc2OC)nc1Cl. The quantitative estimate of drug-likeness (QED) is 0.858. The van der Waals surface area contributed by atoms with Gasteiger partial charge in [-0.05, 0) is 18.2 Å². The Hall–Kier alpha value is -1.50. The first-order valence-electron chi connectivity index (χ1n) is 5.40. The number of halogens is 2. The predicted molar refractivity (Wildman–Crippen MR) is 79.8 cm³/mol. The Labute approximate surface area is 129 Å². The van der Waals surface area contributed by atoms with E-state index in [1.165, 1.54) is 7.11 Å². The average molecular weight is 333 g/mol. The predicted octanol–water partition coefficient (Wildman–Crippen LogP) is 3.99. The summed E-state index contributed by atoms with van der Waals surface area (Å²) in [7, 11) is 2.83. The van der Waals surface area contributed by atoms with Crippen LogP contribution in [0.25, 0.3) is 0 Å². The number of aromatic nitrogens is 1. The largest absolute Gasteiger partial charge is 0.495 e. The topological polar surface area (TPSA) is 60.5 Å². The number of hydrogen-bond donors (Lipinski definition) is 1. The third kappa shape index (κ3) is 3.15. The van der Waals surface area contributed by atoms with Crippen molar-refractivity contribution in [3.05, 3.63) is 33.3 Å². The maximum absolute atomic E-state index is 11.5. The summed E-state index contributed by atoms with van der Waals surface area (Å²) in [4.78, 5) is 15.8. The molecule has 0 saturated carbocycles. The van der Waals surface area contributed by atoms with E-state index in [0.717, 1.165) is 11.3 Å². The fraction of sp³-hybridized carbons (Fsp3) is 0.167. The number of benzene rings is 1. The number of carbonyl (C=O) groups excluding carboxylic acids is 1. The van der Waals surface area contributed by atoms with Crippen LogP contribution in [0.15, 0.2) is 18.2 Å². The molecule has 0 saturated heterocycles. The van der Waals surface area contributed by atoms with Crippen molar-refractivity contribution in [2.24, 2.45) is 0 Å². The minimum Gasteiger partial charge on any atom is -0.495 e. The Morgan fingerprint density at radius 1 is 1.35 bits per heavy atom. The molecular formula is C12H10Cl2N2O3S. The van der Waals surface area contributed by atoms with Crippen LogP contribution in [-0.4, -0.2) is 25.2 Å². The number of nitrogens with one attached hydrogen (secondary N) is 1. The zero-order chi connectivity index (χ0) is 14.7. The fourth-order valence-corrected chi connectivity index (χ4v) is 2.75. The molecule has 5 nitrogen and oxygen atoms in total. The van der Waals surface area contributed by atoms with E-state index in [1.807, 2.05) is 0 Å². The van der Waals surface area contributed by atoms with Crippen LogP contribution in [0.5, 0.6) is 5.75 Å². The molecule has 0 bridgehead atoms. The van der Waals surface area contributed by atoms with Crippen LogP contribution < -0.4 is 10.1 Å². The van der Waals surface area contributed by atoms with Gasteiger partial charge in [-0.2, -0.15) is 0 Å². The van der Waals surface area contributed by atoms with Crippen molar-refractivity contribution >= 4 is 51.3 Å². The minimum absolute atomic E-state index is 0.0883. The second-order valence-corrected chi connectivity index (χ2v) is 5.39. The van der Waals surface area contributed by atoms with E-state index in [1.54, 1.807) is 25.3 Å². The molecule has 1 aromatic carbocycles. The Balaban J connectivity index is 2.31. The van der Waals surface area contributed by atoms with Crippen molar-refractivity contribution in [2.75, 3.05) is 19.5 Å². The third-order valence-corrected chi connectivity index (χ3v) is 3.93. The lowest BCUT2D eigenvalue weighted by molar-refractivity contribution is 0.0606. The zero-order valence-corrected chi connectivity index (χ0v) is 12.9. The molecule has 0 aliphatic heterocycles. The second-order valence-electron chi connectivity index (χ2n) is 3.60. The van der Waals surface area contributed by atoms with Gasteiger partial charge in [0.2, 0.25) is 0 Å². The number of carbonyl (C=O) groups is 1. The van der Waals surface area contributed by atoms with Gasteiger partial charge in [0.25, 0.3) is 0 Å². The van der Waals surface area contributed by atoms with Crippen LogP contribution >= 0.6 is 34.5 Å². The van der Waals surface area contributed by atoms with Gasteiger partial charge < -0.3 is 14.8 Å². The highest BCUT2D eigenvalue weighted by atomic mass is 35.5. The van der Waals surface area contributed by atoms with E-state index in [0.29, 0.717) is 21.6 Å². The van der Waals surface area contributed by atoms with Gasteiger partial charge in [0.15, 0.2) is 15.2 Å². The van der Waals surface area contributed by atoms with E-state index >= 15 is 0 Å². The summed E-state index contributed by atoms with van der Waals surface area (Å²) in [5.41, 5.74) is 0.627. The molecule has 0 amide bonds. The van der Waals surface area contributed by atoms with Crippen LogP contribution in [0.2, 0.25) is 10.2 Å². The summed E-state index contributed by atoms with van der Waals surface area (Å²) in [6, 6.07) is 5.12. The molecule has 1 aromatic heterocycles. The Kier molecular flexibility index (Phi) is 4.69. The summed E-state index contributed by atoms with van der Waals surface area (Å²) < 4.78 is 9.83. The van der Waals surface area contributed by atoms with Gasteiger partial charge in [0, 0.05) is 5.02 Å². The summed E-state index contributed by atoms with van der Waals surface area (Å²) in [6.45, 7) is 0.